The number of ether oxygens (including phenoxy) is 1. The van der Waals surface area contributed by atoms with Crippen LogP contribution >= 0.6 is 7.82 Å². The number of H-pyrrole nitrogens is 1. The zero-order valence-electron chi connectivity index (χ0n) is 10.7. The normalized spacial score (nSPS) is 23.0. The lowest BCUT2D eigenvalue weighted by Crippen LogP contribution is -2.22. The molecule has 1 aliphatic heterocycles. The highest BCUT2D eigenvalue weighted by Gasteiger charge is 2.28. The van der Waals surface area contributed by atoms with Crippen molar-refractivity contribution < 1.29 is 23.6 Å². The smallest absolute Gasteiger partial charge is 0.278 e. The highest BCUT2D eigenvalue weighted by atomic mass is 31.2. The van der Waals surface area contributed by atoms with E-state index in [9.17, 15) is 19.1 Å². The predicted molar refractivity (Wildman–Crippen MR) is 64.9 cm³/mol. The molecule has 3 heterocycles. The summed E-state index contributed by atoms with van der Waals surface area (Å²) in [6, 6.07) is 0. The van der Waals surface area contributed by atoms with Gasteiger partial charge in [-0.15, -0.1) is 0 Å². The summed E-state index contributed by atoms with van der Waals surface area (Å²) in [4.78, 5) is 42.9. The van der Waals surface area contributed by atoms with E-state index < -0.39 is 20.2 Å². The zero-order valence-corrected chi connectivity index (χ0v) is 11.6. The van der Waals surface area contributed by atoms with Crippen molar-refractivity contribution in [3.63, 3.8) is 0 Å². The van der Waals surface area contributed by atoms with Crippen LogP contribution in [0.3, 0.4) is 0 Å². The number of nitrogens with one attached hydrogen (secondary N) is 1. The summed E-state index contributed by atoms with van der Waals surface area (Å²) in [7, 11) is -5.00. The number of hydrogen-bond donors (Lipinski definition) is 1. The SMILES string of the molecule is O=c1[nH]cnc2c1ncn2[C@H]1CC[C@@H](COP(=O)([O-])[O-])O1. The third kappa shape index (κ3) is 3.04. The van der Waals surface area contributed by atoms with Crippen molar-refractivity contribution in [1.29, 1.82) is 0 Å². The fourth-order valence-corrected chi connectivity index (χ4v) is 2.61. The highest BCUT2D eigenvalue weighted by molar-refractivity contribution is 7.43. The minimum Gasteiger partial charge on any atom is -0.790 e. The molecular formula is C10H11N4O6P-2. The number of imidazole rings is 1. The minimum atomic E-state index is -5.00. The first-order valence-electron chi connectivity index (χ1n) is 6.16. The molecule has 3 rings (SSSR count). The molecule has 1 N–H and O–H groups in total. The van der Waals surface area contributed by atoms with Crippen LogP contribution in [-0.2, 0) is 13.8 Å². The molecular weight excluding hydrogens is 303 g/mol. The third-order valence-electron chi connectivity index (χ3n) is 3.18. The summed E-state index contributed by atoms with van der Waals surface area (Å²) in [5.74, 6) is 0. The molecule has 1 fully saturated rings. The van der Waals surface area contributed by atoms with Gasteiger partial charge in [-0.3, -0.25) is 9.36 Å². The molecule has 0 aliphatic carbocycles. The van der Waals surface area contributed by atoms with Gasteiger partial charge in [0, 0.05) is 0 Å². The van der Waals surface area contributed by atoms with Crippen molar-refractivity contribution >= 4 is 19.0 Å². The molecule has 0 bridgehead atoms. The minimum absolute atomic E-state index is 0.199. The number of rotatable bonds is 4. The topological polar surface area (TPSA) is 145 Å². The Balaban J connectivity index is 1.75. The van der Waals surface area contributed by atoms with Crippen molar-refractivity contribution in [2.24, 2.45) is 0 Å². The molecule has 0 amide bonds. The quantitative estimate of drug-likeness (QED) is 0.681. The van der Waals surface area contributed by atoms with Crippen LogP contribution in [-0.4, -0.2) is 32.2 Å². The van der Waals surface area contributed by atoms with Crippen molar-refractivity contribution in [3.05, 3.63) is 23.0 Å². The van der Waals surface area contributed by atoms with E-state index in [1.807, 2.05) is 0 Å². The maximum atomic E-state index is 11.6. The van der Waals surface area contributed by atoms with Crippen LogP contribution in [0.15, 0.2) is 17.4 Å². The Morgan fingerprint density at radius 1 is 1.48 bits per heavy atom. The van der Waals surface area contributed by atoms with Gasteiger partial charge in [-0.2, -0.15) is 0 Å². The van der Waals surface area contributed by atoms with Gasteiger partial charge in [0.15, 0.2) is 11.2 Å². The molecule has 21 heavy (non-hydrogen) atoms. The highest BCUT2D eigenvalue weighted by Crippen LogP contribution is 2.32. The Labute approximate surface area is 118 Å². The van der Waals surface area contributed by atoms with Crippen LogP contribution in [0.5, 0.6) is 0 Å². The maximum Gasteiger partial charge on any atom is 0.278 e. The van der Waals surface area contributed by atoms with Gasteiger partial charge < -0.3 is 28.6 Å². The number of aromatic amines is 1. The molecule has 0 radical (unpaired) electrons. The largest absolute Gasteiger partial charge is 0.790 e. The Morgan fingerprint density at radius 2 is 2.29 bits per heavy atom. The van der Waals surface area contributed by atoms with Crippen LogP contribution in [0.4, 0.5) is 0 Å². The van der Waals surface area contributed by atoms with Crippen molar-refractivity contribution in [3.8, 4) is 0 Å². The molecule has 2 atom stereocenters. The van der Waals surface area contributed by atoms with E-state index in [-0.39, 0.29) is 17.7 Å². The van der Waals surface area contributed by atoms with Crippen LogP contribution < -0.4 is 15.3 Å². The lowest BCUT2D eigenvalue weighted by molar-refractivity contribution is -0.342. The van der Waals surface area contributed by atoms with Gasteiger partial charge in [0.2, 0.25) is 0 Å². The summed E-state index contributed by atoms with van der Waals surface area (Å²) in [6.45, 7) is -0.318. The average Bonchev–Trinajstić information content (AvgIpc) is 3.02. The van der Waals surface area contributed by atoms with Gasteiger partial charge in [-0.05, 0) is 12.8 Å². The second kappa shape index (κ2) is 5.32. The van der Waals surface area contributed by atoms with Crippen LogP contribution in [0, 0.1) is 0 Å². The van der Waals surface area contributed by atoms with E-state index in [0.717, 1.165) is 0 Å². The molecule has 114 valence electrons. The van der Waals surface area contributed by atoms with E-state index in [4.69, 9.17) is 4.74 Å². The number of phosphoric ester groups is 1. The van der Waals surface area contributed by atoms with Gasteiger partial charge >= 0.3 is 0 Å². The van der Waals surface area contributed by atoms with E-state index in [1.54, 1.807) is 4.57 Å². The molecule has 1 aliphatic rings. The fourth-order valence-electron chi connectivity index (χ4n) is 2.26. The first-order valence-corrected chi connectivity index (χ1v) is 7.62. The Hall–Kier alpha value is -1.58. The predicted octanol–water partition coefficient (Wildman–Crippen LogP) is -1.36. The van der Waals surface area contributed by atoms with Gasteiger partial charge in [0.05, 0.1) is 33.2 Å². The molecule has 0 spiro atoms. The average molecular weight is 314 g/mol. The maximum absolute atomic E-state index is 11.6. The van der Waals surface area contributed by atoms with Crippen LogP contribution in [0.25, 0.3) is 11.2 Å². The molecule has 0 aromatic carbocycles. The molecule has 0 unspecified atom stereocenters. The zero-order chi connectivity index (χ0) is 15.0. The van der Waals surface area contributed by atoms with E-state index >= 15 is 0 Å². The Kier molecular flexibility index (Phi) is 3.64. The molecule has 2 aromatic rings. The van der Waals surface area contributed by atoms with Crippen molar-refractivity contribution in [2.45, 2.75) is 25.2 Å². The second-order valence-electron chi connectivity index (χ2n) is 4.59. The number of fused-ring (bicyclic) bond motifs is 1. The molecule has 0 saturated carbocycles. The summed E-state index contributed by atoms with van der Waals surface area (Å²) < 4.78 is 21.8. The van der Waals surface area contributed by atoms with Gasteiger partial charge in [0.1, 0.15) is 6.23 Å². The Bertz CT molecular complexity index is 751. The van der Waals surface area contributed by atoms with E-state index in [0.29, 0.717) is 18.5 Å². The first-order chi connectivity index (χ1) is 9.94. The lowest BCUT2D eigenvalue weighted by atomic mass is 10.2. The van der Waals surface area contributed by atoms with Crippen LogP contribution in [0.1, 0.15) is 19.1 Å². The van der Waals surface area contributed by atoms with E-state index in [1.165, 1.54) is 12.7 Å². The Morgan fingerprint density at radius 3 is 3.05 bits per heavy atom. The summed E-state index contributed by atoms with van der Waals surface area (Å²) in [6.07, 6.45) is 2.85. The third-order valence-corrected chi connectivity index (χ3v) is 3.64. The number of phosphoric acid groups is 1. The van der Waals surface area contributed by atoms with Crippen LogP contribution in [0.2, 0.25) is 0 Å². The fraction of sp³-hybridized carbons (Fsp3) is 0.500. The van der Waals surface area contributed by atoms with Gasteiger partial charge in [-0.1, -0.05) is 0 Å². The van der Waals surface area contributed by atoms with Crippen molar-refractivity contribution in [2.75, 3.05) is 6.61 Å². The van der Waals surface area contributed by atoms with Gasteiger partial charge in [-0.25, -0.2) is 9.97 Å². The van der Waals surface area contributed by atoms with Gasteiger partial charge in [0.25, 0.3) is 5.56 Å². The second-order valence-corrected chi connectivity index (χ2v) is 5.74. The summed E-state index contributed by atoms with van der Waals surface area (Å²) >= 11 is 0. The standard InChI is InChI=1S/C10H13N4O6P/c15-10-8-9(11-4-12-10)14(5-13-8)7-2-1-6(20-7)3-19-21(16,17)18/h4-7H,1-3H2,(H,11,12,15)(H2,16,17,18)/p-2/t6-,7+/m0/s1. The monoisotopic (exact) mass is 314 g/mol. The van der Waals surface area contributed by atoms with Crippen molar-refractivity contribution in [1.82, 2.24) is 19.5 Å². The number of hydrogen-bond acceptors (Lipinski definition) is 8. The molecule has 2 aromatic heterocycles. The molecule has 11 heteroatoms. The van der Waals surface area contributed by atoms with E-state index in [2.05, 4.69) is 19.5 Å². The summed E-state index contributed by atoms with van der Waals surface area (Å²) in [5.41, 5.74) is 0.225. The number of nitrogens with zero attached hydrogens (tertiary/aromatic N) is 3. The first kappa shape index (κ1) is 14.4. The molecule has 1 saturated heterocycles. The lowest BCUT2D eigenvalue weighted by Gasteiger charge is -2.29. The summed E-state index contributed by atoms with van der Waals surface area (Å²) in [5, 5.41) is 0. The number of aromatic nitrogens is 4. The molecule has 10 nitrogen and oxygen atoms in total.